The second-order valence-corrected chi connectivity index (χ2v) is 5.03. The highest BCUT2D eigenvalue weighted by molar-refractivity contribution is 5.59. The standard InChI is InChI=1S/C14H19NO4/c1-14(2)18-12(13(10-16)19-14)9-15(17)8-11-6-4-3-5-7-11/h3-7,9,12-13,16H,8,10H2,1-2H3/b15-9+/t12-,13+/m1/s1. The molecule has 1 heterocycles. The van der Waals surface area contributed by atoms with Crippen LogP contribution < -0.4 is 0 Å². The molecule has 1 fully saturated rings. The number of benzene rings is 1. The minimum Gasteiger partial charge on any atom is -0.624 e. The summed E-state index contributed by atoms with van der Waals surface area (Å²) in [5.41, 5.74) is 0.924. The zero-order valence-electron chi connectivity index (χ0n) is 11.2. The van der Waals surface area contributed by atoms with Gasteiger partial charge in [-0.2, -0.15) is 0 Å². The first kappa shape index (κ1) is 14.0. The van der Waals surface area contributed by atoms with E-state index in [1.165, 1.54) is 6.21 Å². The van der Waals surface area contributed by atoms with Crippen LogP contribution in [0.3, 0.4) is 0 Å². The van der Waals surface area contributed by atoms with Crippen molar-refractivity contribution in [3.8, 4) is 0 Å². The molecule has 1 saturated heterocycles. The quantitative estimate of drug-likeness (QED) is 0.385. The zero-order valence-corrected chi connectivity index (χ0v) is 11.2. The van der Waals surface area contributed by atoms with Gasteiger partial charge >= 0.3 is 0 Å². The Balaban J connectivity index is 2.04. The van der Waals surface area contributed by atoms with Gasteiger partial charge in [0, 0.05) is 5.56 Å². The summed E-state index contributed by atoms with van der Waals surface area (Å²) >= 11 is 0. The summed E-state index contributed by atoms with van der Waals surface area (Å²) in [7, 11) is 0. The number of hydrogen-bond acceptors (Lipinski definition) is 4. The molecule has 0 amide bonds. The SMILES string of the molecule is CC1(C)O[C@@H](CO)[C@@H](/C=[N+](/[O-])Cc2ccccc2)O1. The third kappa shape index (κ3) is 3.76. The van der Waals surface area contributed by atoms with Gasteiger partial charge in [-0.15, -0.1) is 0 Å². The Labute approximate surface area is 112 Å². The van der Waals surface area contributed by atoms with E-state index in [2.05, 4.69) is 0 Å². The molecule has 1 N–H and O–H groups in total. The lowest BCUT2D eigenvalue weighted by atomic mass is 10.2. The van der Waals surface area contributed by atoms with E-state index in [4.69, 9.17) is 9.47 Å². The number of hydrogen-bond donors (Lipinski definition) is 1. The monoisotopic (exact) mass is 265 g/mol. The summed E-state index contributed by atoms with van der Waals surface area (Å²) in [5, 5.41) is 21.1. The summed E-state index contributed by atoms with van der Waals surface area (Å²) in [5.74, 6) is -0.776. The van der Waals surface area contributed by atoms with E-state index in [9.17, 15) is 10.3 Å². The van der Waals surface area contributed by atoms with Crippen molar-refractivity contribution >= 4 is 6.21 Å². The first-order valence-electron chi connectivity index (χ1n) is 6.29. The van der Waals surface area contributed by atoms with Crippen molar-refractivity contribution in [1.29, 1.82) is 0 Å². The molecule has 1 aliphatic heterocycles. The Morgan fingerprint density at radius 1 is 1.32 bits per heavy atom. The van der Waals surface area contributed by atoms with E-state index < -0.39 is 18.0 Å². The topological polar surface area (TPSA) is 64.8 Å². The van der Waals surface area contributed by atoms with Gasteiger partial charge in [0.2, 0.25) is 0 Å². The van der Waals surface area contributed by atoms with Gasteiger partial charge in [-0.05, 0) is 13.8 Å². The maximum absolute atomic E-state index is 11.9. The molecular weight excluding hydrogens is 246 g/mol. The average Bonchev–Trinajstić information content (AvgIpc) is 2.64. The Kier molecular flexibility index (Phi) is 4.19. The van der Waals surface area contributed by atoms with Gasteiger partial charge in [0.1, 0.15) is 6.10 Å². The van der Waals surface area contributed by atoms with Crippen LogP contribution in [0.15, 0.2) is 30.3 Å². The molecule has 1 aromatic carbocycles. The summed E-state index contributed by atoms with van der Waals surface area (Å²) in [6.45, 7) is 3.59. The molecule has 0 aromatic heterocycles. The molecule has 0 bridgehead atoms. The lowest BCUT2D eigenvalue weighted by Crippen LogP contribution is -2.30. The lowest BCUT2D eigenvalue weighted by Gasteiger charge is -2.15. The molecule has 0 unspecified atom stereocenters. The van der Waals surface area contributed by atoms with Gasteiger partial charge in [0.05, 0.1) is 6.61 Å². The van der Waals surface area contributed by atoms with Crippen LogP contribution in [0, 0.1) is 5.21 Å². The third-order valence-electron chi connectivity index (χ3n) is 2.90. The van der Waals surface area contributed by atoms with Crippen molar-refractivity contribution in [2.75, 3.05) is 6.61 Å². The van der Waals surface area contributed by atoms with Gasteiger partial charge in [-0.3, -0.25) is 0 Å². The molecule has 19 heavy (non-hydrogen) atoms. The number of aliphatic hydroxyl groups is 1. The fourth-order valence-corrected chi connectivity index (χ4v) is 2.11. The average molecular weight is 265 g/mol. The van der Waals surface area contributed by atoms with Gasteiger partial charge < -0.3 is 19.8 Å². The molecule has 0 spiro atoms. The van der Waals surface area contributed by atoms with Crippen molar-refractivity contribution in [3.63, 3.8) is 0 Å². The van der Waals surface area contributed by atoms with E-state index >= 15 is 0 Å². The largest absolute Gasteiger partial charge is 0.624 e. The first-order valence-corrected chi connectivity index (χ1v) is 6.29. The zero-order chi connectivity index (χ0) is 13.9. The van der Waals surface area contributed by atoms with E-state index in [1.807, 2.05) is 30.3 Å². The molecule has 1 aromatic rings. The molecule has 104 valence electrons. The third-order valence-corrected chi connectivity index (χ3v) is 2.90. The fraction of sp³-hybridized carbons (Fsp3) is 0.500. The molecule has 5 nitrogen and oxygen atoms in total. The number of ether oxygens (including phenoxy) is 2. The Hall–Kier alpha value is -1.43. The van der Waals surface area contributed by atoms with Crippen LogP contribution in [0.5, 0.6) is 0 Å². The number of aliphatic hydroxyl groups excluding tert-OH is 1. The van der Waals surface area contributed by atoms with Gasteiger partial charge in [-0.1, -0.05) is 30.3 Å². The Bertz CT molecular complexity index is 444. The van der Waals surface area contributed by atoms with Crippen LogP contribution in [-0.2, 0) is 16.0 Å². The summed E-state index contributed by atoms with van der Waals surface area (Å²) in [6, 6.07) is 9.45. The van der Waals surface area contributed by atoms with E-state index in [0.29, 0.717) is 0 Å². The maximum atomic E-state index is 11.9. The van der Waals surface area contributed by atoms with E-state index in [0.717, 1.165) is 10.3 Å². The second-order valence-electron chi connectivity index (χ2n) is 5.03. The molecule has 0 aliphatic carbocycles. The van der Waals surface area contributed by atoms with Crippen LogP contribution >= 0.6 is 0 Å². The van der Waals surface area contributed by atoms with Crippen molar-refractivity contribution in [2.45, 2.75) is 38.4 Å². The molecule has 2 atom stereocenters. The van der Waals surface area contributed by atoms with Crippen LogP contribution in [0.1, 0.15) is 19.4 Å². The molecule has 5 heteroatoms. The van der Waals surface area contributed by atoms with E-state index in [1.54, 1.807) is 13.8 Å². The highest BCUT2D eigenvalue weighted by Crippen LogP contribution is 2.26. The Morgan fingerprint density at radius 2 is 2.00 bits per heavy atom. The summed E-state index contributed by atoms with van der Waals surface area (Å²) in [4.78, 5) is 0. The maximum Gasteiger partial charge on any atom is 0.183 e. The van der Waals surface area contributed by atoms with Gasteiger partial charge in [0.25, 0.3) is 0 Å². The van der Waals surface area contributed by atoms with Crippen molar-refractivity contribution < 1.29 is 19.3 Å². The van der Waals surface area contributed by atoms with Gasteiger partial charge in [0.15, 0.2) is 24.7 Å². The van der Waals surface area contributed by atoms with Crippen LogP contribution in [-0.4, -0.2) is 40.7 Å². The van der Waals surface area contributed by atoms with E-state index in [-0.39, 0.29) is 13.2 Å². The predicted molar refractivity (Wildman–Crippen MR) is 70.7 cm³/mol. The number of nitrogens with zero attached hydrogens (tertiary/aromatic N) is 1. The second kappa shape index (κ2) is 5.69. The summed E-state index contributed by atoms with van der Waals surface area (Å²) < 4.78 is 11.9. The lowest BCUT2D eigenvalue weighted by molar-refractivity contribution is -0.473. The molecule has 2 rings (SSSR count). The fourth-order valence-electron chi connectivity index (χ4n) is 2.11. The number of hydroxylamine groups is 1. The summed E-state index contributed by atoms with van der Waals surface area (Å²) in [6.07, 6.45) is 0.395. The predicted octanol–water partition coefficient (Wildman–Crippen LogP) is 1.28. The highest BCUT2D eigenvalue weighted by Gasteiger charge is 2.41. The molecule has 0 radical (unpaired) electrons. The molecule has 1 aliphatic rings. The minimum absolute atomic E-state index is 0.177. The van der Waals surface area contributed by atoms with Crippen LogP contribution in [0.2, 0.25) is 0 Å². The Morgan fingerprint density at radius 3 is 2.63 bits per heavy atom. The van der Waals surface area contributed by atoms with Crippen molar-refractivity contribution in [1.82, 2.24) is 0 Å². The van der Waals surface area contributed by atoms with Crippen molar-refractivity contribution in [2.24, 2.45) is 0 Å². The minimum atomic E-state index is -0.776. The van der Waals surface area contributed by atoms with Crippen LogP contribution in [0.4, 0.5) is 0 Å². The first-order chi connectivity index (χ1) is 9.00. The smallest absolute Gasteiger partial charge is 0.183 e. The van der Waals surface area contributed by atoms with Gasteiger partial charge in [-0.25, -0.2) is 4.74 Å². The number of rotatable bonds is 4. The van der Waals surface area contributed by atoms with Crippen LogP contribution in [0.25, 0.3) is 0 Å². The highest BCUT2D eigenvalue weighted by atomic mass is 16.8. The normalized spacial score (nSPS) is 26.6. The molecule has 0 saturated carbocycles. The van der Waals surface area contributed by atoms with Crippen molar-refractivity contribution in [3.05, 3.63) is 41.1 Å². The molecular formula is C14H19NO4.